The Morgan fingerprint density at radius 2 is 1.75 bits per heavy atom. The highest BCUT2D eigenvalue weighted by Gasteiger charge is 2.31. The third-order valence-electron chi connectivity index (χ3n) is 3.51. The molecule has 1 saturated carbocycles. The Kier molecular flexibility index (Phi) is 4.89. The van der Waals surface area contributed by atoms with Gasteiger partial charge in [0, 0.05) is 6.04 Å². The van der Waals surface area contributed by atoms with E-state index in [0.717, 1.165) is 25.7 Å². The van der Waals surface area contributed by atoms with Gasteiger partial charge in [-0.05, 0) is 25.0 Å². The predicted molar refractivity (Wildman–Crippen MR) is 77.4 cm³/mol. The second kappa shape index (κ2) is 6.46. The first-order valence-corrected chi connectivity index (χ1v) is 7.23. The summed E-state index contributed by atoms with van der Waals surface area (Å²) in [5.74, 6) is -1.44. The number of carbonyl (C=O) groups excluding carboxylic acids is 1. The van der Waals surface area contributed by atoms with Crippen LogP contribution in [0.5, 0.6) is 0 Å². The van der Waals surface area contributed by atoms with Crippen LogP contribution in [0.15, 0.2) is 18.2 Å². The first-order valence-electron chi connectivity index (χ1n) is 6.47. The van der Waals surface area contributed by atoms with Crippen molar-refractivity contribution in [1.29, 1.82) is 0 Å². The number of halogens is 2. The topological polar surface area (TPSA) is 57.6 Å². The number of amides is 1. The molecular formula is C14H15Cl2NO3. The first kappa shape index (κ1) is 15.1. The van der Waals surface area contributed by atoms with Gasteiger partial charge < -0.3 is 10.0 Å². The SMILES string of the molecule is O=C(O)CN(C(=O)c1c(Cl)cccc1Cl)C1CCCC1. The molecule has 2 rings (SSSR count). The average Bonchev–Trinajstić information content (AvgIpc) is 2.88. The van der Waals surface area contributed by atoms with Crippen LogP contribution < -0.4 is 0 Å². The quantitative estimate of drug-likeness (QED) is 0.925. The molecule has 0 atom stereocenters. The zero-order valence-electron chi connectivity index (χ0n) is 10.8. The Morgan fingerprint density at radius 1 is 1.20 bits per heavy atom. The van der Waals surface area contributed by atoms with E-state index < -0.39 is 11.9 Å². The molecule has 0 saturated heterocycles. The largest absolute Gasteiger partial charge is 0.480 e. The number of carboxylic acids is 1. The van der Waals surface area contributed by atoms with Crippen molar-refractivity contribution in [3.8, 4) is 0 Å². The Morgan fingerprint density at radius 3 is 2.25 bits per heavy atom. The maximum Gasteiger partial charge on any atom is 0.323 e. The van der Waals surface area contributed by atoms with Crippen molar-refractivity contribution >= 4 is 35.1 Å². The van der Waals surface area contributed by atoms with Gasteiger partial charge in [-0.25, -0.2) is 0 Å². The highest BCUT2D eigenvalue weighted by Crippen LogP contribution is 2.30. The van der Waals surface area contributed by atoms with Crippen LogP contribution >= 0.6 is 23.2 Å². The number of hydrogen-bond acceptors (Lipinski definition) is 2. The number of aliphatic carboxylic acids is 1. The van der Waals surface area contributed by atoms with Crippen LogP contribution in [0.3, 0.4) is 0 Å². The molecule has 0 spiro atoms. The Balaban J connectivity index is 2.32. The number of benzene rings is 1. The number of rotatable bonds is 4. The van der Waals surface area contributed by atoms with E-state index in [2.05, 4.69) is 0 Å². The minimum absolute atomic E-state index is 0.0501. The molecule has 0 unspecified atom stereocenters. The highest BCUT2D eigenvalue weighted by molar-refractivity contribution is 6.39. The monoisotopic (exact) mass is 315 g/mol. The third-order valence-corrected chi connectivity index (χ3v) is 4.14. The summed E-state index contributed by atoms with van der Waals surface area (Å²) >= 11 is 12.1. The third kappa shape index (κ3) is 3.25. The standard InChI is InChI=1S/C14H15Cl2NO3/c15-10-6-3-7-11(16)13(10)14(20)17(8-12(18)19)9-4-1-2-5-9/h3,6-7,9H,1-2,4-5,8H2,(H,18,19). The van der Waals surface area contributed by atoms with E-state index in [1.165, 1.54) is 4.90 Å². The first-order chi connectivity index (χ1) is 9.50. The molecule has 0 aliphatic heterocycles. The fourth-order valence-electron chi connectivity index (χ4n) is 2.57. The van der Waals surface area contributed by atoms with Crippen LogP contribution in [0.4, 0.5) is 0 Å². The summed E-state index contributed by atoms with van der Waals surface area (Å²) in [7, 11) is 0. The lowest BCUT2D eigenvalue weighted by molar-refractivity contribution is -0.138. The van der Waals surface area contributed by atoms with Crippen molar-refractivity contribution in [2.24, 2.45) is 0 Å². The maximum absolute atomic E-state index is 12.6. The summed E-state index contributed by atoms with van der Waals surface area (Å²) < 4.78 is 0. The normalized spacial score (nSPS) is 15.3. The molecule has 4 nitrogen and oxygen atoms in total. The molecule has 1 aromatic carbocycles. The average molecular weight is 316 g/mol. The zero-order valence-corrected chi connectivity index (χ0v) is 12.3. The van der Waals surface area contributed by atoms with E-state index in [9.17, 15) is 9.59 Å². The lowest BCUT2D eigenvalue weighted by atomic mass is 10.1. The van der Waals surface area contributed by atoms with Crippen molar-refractivity contribution in [2.45, 2.75) is 31.7 Å². The maximum atomic E-state index is 12.6. The molecule has 1 N–H and O–H groups in total. The summed E-state index contributed by atoms with van der Waals surface area (Å²) in [5.41, 5.74) is 0.184. The Labute approximate surface area is 127 Å². The van der Waals surface area contributed by atoms with E-state index in [4.69, 9.17) is 28.3 Å². The Bertz CT molecular complexity index is 507. The van der Waals surface area contributed by atoms with E-state index in [1.54, 1.807) is 18.2 Å². The summed E-state index contributed by atoms with van der Waals surface area (Å²) in [5, 5.41) is 9.51. The molecule has 108 valence electrons. The molecule has 6 heteroatoms. The zero-order chi connectivity index (χ0) is 14.7. The summed E-state index contributed by atoms with van der Waals surface area (Å²) in [6.07, 6.45) is 3.65. The molecule has 1 amide bonds. The van der Waals surface area contributed by atoms with Gasteiger partial charge in [0.2, 0.25) is 0 Å². The van der Waals surface area contributed by atoms with Crippen LogP contribution in [0.25, 0.3) is 0 Å². The number of carbonyl (C=O) groups is 2. The van der Waals surface area contributed by atoms with Gasteiger partial charge in [-0.15, -0.1) is 0 Å². The van der Waals surface area contributed by atoms with Gasteiger partial charge >= 0.3 is 5.97 Å². The van der Waals surface area contributed by atoms with Crippen LogP contribution in [-0.4, -0.2) is 34.5 Å². The molecule has 0 aromatic heterocycles. The highest BCUT2D eigenvalue weighted by atomic mass is 35.5. The van der Waals surface area contributed by atoms with Gasteiger partial charge in [0.05, 0.1) is 15.6 Å². The summed E-state index contributed by atoms with van der Waals surface area (Å²) in [6.45, 7) is -0.328. The van der Waals surface area contributed by atoms with Gasteiger partial charge in [0.15, 0.2) is 0 Å². The van der Waals surface area contributed by atoms with Crippen molar-refractivity contribution in [1.82, 2.24) is 4.90 Å². The van der Waals surface area contributed by atoms with Crippen LogP contribution in [0.1, 0.15) is 36.0 Å². The van der Waals surface area contributed by atoms with Gasteiger partial charge in [0.1, 0.15) is 6.54 Å². The lowest BCUT2D eigenvalue weighted by Gasteiger charge is -2.28. The molecule has 20 heavy (non-hydrogen) atoms. The van der Waals surface area contributed by atoms with Crippen molar-refractivity contribution in [2.75, 3.05) is 6.54 Å². The molecule has 0 heterocycles. The predicted octanol–water partition coefficient (Wildman–Crippen LogP) is 3.46. The summed E-state index contributed by atoms with van der Waals surface area (Å²) in [4.78, 5) is 25.0. The molecule has 0 bridgehead atoms. The van der Waals surface area contributed by atoms with Crippen LogP contribution in [0, 0.1) is 0 Å². The van der Waals surface area contributed by atoms with E-state index in [1.807, 2.05) is 0 Å². The molecular weight excluding hydrogens is 301 g/mol. The van der Waals surface area contributed by atoms with Gasteiger partial charge in [0.25, 0.3) is 5.91 Å². The molecule has 1 aliphatic rings. The molecule has 1 aliphatic carbocycles. The number of hydrogen-bond donors (Lipinski definition) is 1. The second-order valence-electron chi connectivity index (χ2n) is 4.86. The molecule has 0 radical (unpaired) electrons. The van der Waals surface area contributed by atoms with Gasteiger partial charge in [-0.2, -0.15) is 0 Å². The van der Waals surface area contributed by atoms with Crippen LogP contribution in [-0.2, 0) is 4.79 Å². The lowest BCUT2D eigenvalue weighted by Crippen LogP contribution is -2.42. The van der Waals surface area contributed by atoms with E-state index in [-0.39, 0.29) is 28.2 Å². The Hall–Kier alpha value is -1.26. The summed E-state index contributed by atoms with van der Waals surface area (Å²) in [6, 6.07) is 4.76. The fourth-order valence-corrected chi connectivity index (χ4v) is 3.13. The fraction of sp³-hybridized carbons (Fsp3) is 0.429. The van der Waals surface area contributed by atoms with E-state index >= 15 is 0 Å². The van der Waals surface area contributed by atoms with Crippen molar-refractivity contribution in [3.63, 3.8) is 0 Å². The molecule has 1 fully saturated rings. The van der Waals surface area contributed by atoms with Crippen molar-refractivity contribution < 1.29 is 14.7 Å². The minimum Gasteiger partial charge on any atom is -0.480 e. The second-order valence-corrected chi connectivity index (χ2v) is 5.68. The number of carboxylic acid groups (broad SMARTS) is 1. The van der Waals surface area contributed by atoms with Crippen molar-refractivity contribution in [3.05, 3.63) is 33.8 Å². The smallest absolute Gasteiger partial charge is 0.323 e. The van der Waals surface area contributed by atoms with E-state index in [0.29, 0.717) is 0 Å². The minimum atomic E-state index is -1.03. The van der Waals surface area contributed by atoms with Gasteiger partial charge in [-0.1, -0.05) is 42.1 Å². The van der Waals surface area contributed by atoms with Crippen LogP contribution in [0.2, 0.25) is 10.0 Å². The number of nitrogens with zero attached hydrogens (tertiary/aromatic N) is 1. The van der Waals surface area contributed by atoms with Gasteiger partial charge in [-0.3, -0.25) is 9.59 Å². The molecule has 1 aromatic rings.